The average molecular weight is 341 g/mol. The largest absolute Gasteiger partial charge is 0.329 e. The van der Waals surface area contributed by atoms with E-state index < -0.39 is 0 Å². The lowest BCUT2D eigenvalue weighted by atomic mass is 10.3. The first-order chi connectivity index (χ1) is 12.0. The second-order valence-electron chi connectivity index (χ2n) is 6.14. The van der Waals surface area contributed by atoms with Crippen molar-refractivity contribution in [3.63, 3.8) is 0 Å². The van der Waals surface area contributed by atoms with Crippen LogP contribution in [0.4, 0.5) is 5.69 Å². The lowest BCUT2D eigenvalue weighted by Crippen LogP contribution is -2.26. The summed E-state index contributed by atoms with van der Waals surface area (Å²) in [5.74, 6) is -0.129. The first-order valence-corrected chi connectivity index (χ1v) is 8.49. The van der Waals surface area contributed by atoms with E-state index >= 15 is 0 Å². The molecule has 1 amide bonds. The molecule has 25 heavy (non-hydrogen) atoms. The van der Waals surface area contributed by atoms with E-state index in [1.807, 2.05) is 45.2 Å². The lowest BCUT2D eigenvalue weighted by molar-refractivity contribution is -0.116. The predicted octanol–water partition coefficient (Wildman–Crippen LogP) is 2.28. The van der Waals surface area contributed by atoms with Gasteiger partial charge in [-0.15, -0.1) is 0 Å². The Kier molecular flexibility index (Phi) is 4.74. The minimum Gasteiger partial charge on any atom is -0.323 e. The summed E-state index contributed by atoms with van der Waals surface area (Å²) >= 11 is 0. The maximum absolute atomic E-state index is 12.7. The van der Waals surface area contributed by atoms with Crippen LogP contribution in [0.25, 0.3) is 11.0 Å². The predicted molar refractivity (Wildman–Crippen MR) is 97.7 cm³/mol. The topological polar surface area (TPSA) is 73.8 Å². The Morgan fingerprint density at radius 3 is 2.36 bits per heavy atom. The van der Waals surface area contributed by atoms with E-state index in [-0.39, 0.29) is 18.0 Å². The number of benzene rings is 1. The van der Waals surface area contributed by atoms with Gasteiger partial charge in [0, 0.05) is 26.6 Å². The fourth-order valence-electron chi connectivity index (χ4n) is 2.98. The Balaban J connectivity index is 1.79. The van der Waals surface area contributed by atoms with Crippen molar-refractivity contribution in [1.82, 2.24) is 18.9 Å². The van der Waals surface area contributed by atoms with Crippen molar-refractivity contribution in [2.45, 2.75) is 39.8 Å². The maximum Gasteiger partial charge on any atom is 0.329 e. The van der Waals surface area contributed by atoms with Gasteiger partial charge in [0.25, 0.3) is 0 Å². The number of aryl methyl sites for hydroxylation is 3. The highest BCUT2D eigenvalue weighted by molar-refractivity contribution is 5.91. The Hall–Kier alpha value is -2.83. The Labute approximate surface area is 145 Å². The highest BCUT2D eigenvalue weighted by Gasteiger charge is 2.14. The van der Waals surface area contributed by atoms with Gasteiger partial charge in [-0.3, -0.25) is 18.6 Å². The molecule has 7 nitrogen and oxygen atoms in total. The molecule has 1 N–H and O–H groups in total. The minimum absolute atomic E-state index is 0.0617. The van der Waals surface area contributed by atoms with Gasteiger partial charge in [-0.25, -0.2) is 4.79 Å². The van der Waals surface area contributed by atoms with E-state index in [2.05, 4.69) is 10.4 Å². The van der Waals surface area contributed by atoms with Crippen LogP contribution >= 0.6 is 0 Å². The molecule has 0 spiro atoms. The molecule has 2 heterocycles. The third-order valence-electron chi connectivity index (χ3n) is 4.44. The third-order valence-corrected chi connectivity index (χ3v) is 4.44. The molecule has 0 unspecified atom stereocenters. The number of fused-ring (bicyclic) bond motifs is 1. The molecule has 0 atom stereocenters. The molecule has 1 aromatic carbocycles. The number of carbonyl (C=O) groups is 1. The van der Waals surface area contributed by atoms with Crippen molar-refractivity contribution >= 4 is 22.6 Å². The van der Waals surface area contributed by atoms with Crippen molar-refractivity contribution in [2.24, 2.45) is 7.05 Å². The van der Waals surface area contributed by atoms with Crippen LogP contribution in [0.1, 0.15) is 25.5 Å². The minimum atomic E-state index is -0.129. The Bertz CT molecular complexity index is 964. The SMILES string of the molecule is CCCn1c(=O)n(CCC(=O)Nc2cnn(C)c2C)c2ccccc21. The van der Waals surface area contributed by atoms with Crippen molar-refractivity contribution in [2.75, 3.05) is 5.32 Å². The molecule has 7 heteroatoms. The zero-order chi connectivity index (χ0) is 18.0. The van der Waals surface area contributed by atoms with E-state index in [0.29, 0.717) is 18.8 Å². The summed E-state index contributed by atoms with van der Waals surface area (Å²) in [4.78, 5) is 24.9. The standard InChI is InChI=1S/C18H23N5O2/c1-4-10-22-15-7-5-6-8-16(15)23(18(22)25)11-9-17(24)20-14-12-19-21(3)13(14)2/h5-8,12H,4,9-11H2,1-3H3,(H,20,24). The van der Waals surface area contributed by atoms with E-state index in [0.717, 1.165) is 23.1 Å². The van der Waals surface area contributed by atoms with Gasteiger partial charge in [0.1, 0.15) is 0 Å². The molecular formula is C18H23N5O2. The molecule has 0 bridgehead atoms. The number of nitrogens with one attached hydrogen (secondary N) is 1. The van der Waals surface area contributed by atoms with Crippen LogP contribution in [-0.4, -0.2) is 24.8 Å². The number of amides is 1. The smallest absolute Gasteiger partial charge is 0.323 e. The zero-order valence-corrected chi connectivity index (χ0v) is 14.8. The zero-order valence-electron chi connectivity index (χ0n) is 14.8. The van der Waals surface area contributed by atoms with Crippen LogP contribution in [0.5, 0.6) is 0 Å². The highest BCUT2D eigenvalue weighted by atomic mass is 16.2. The number of imidazole rings is 1. The summed E-state index contributed by atoms with van der Waals surface area (Å²) in [7, 11) is 1.83. The number of rotatable bonds is 6. The number of aromatic nitrogens is 4. The lowest BCUT2D eigenvalue weighted by Gasteiger charge is -2.06. The molecule has 2 aromatic heterocycles. The molecule has 0 aliphatic rings. The van der Waals surface area contributed by atoms with Gasteiger partial charge in [-0.2, -0.15) is 5.10 Å². The number of anilines is 1. The van der Waals surface area contributed by atoms with Gasteiger partial charge in [-0.1, -0.05) is 19.1 Å². The van der Waals surface area contributed by atoms with Gasteiger partial charge < -0.3 is 5.32 Å². The average Bonchev–Trinajstić information content (AvgIpc) is 3.05. The van der Waals surface area contributed by atoms with Crippen LogP contribution in [0, 0.1) is 6.92 Å². The first kappa shape index (κ1) is 17.0. The molecule has 132 valence electrons. The van der Waals surface area contributed by atoms with E-state index in [9.17, 15) is 9.59 Å². The maximum atomic E-state index is 12.7. The fraction of sp³-hybridized carbons (Fsp3) is 0.389. The van der Waals surface area contributed by atoms with Crippen molar-refractivity contribution < 1.29 is 4.79 Å². The molecule has 0 aliphatic heterocycles. The van der Waals surface area contributed by atoms with Gasteiger partial charge >= 0.3 is 5.69 Å². The number of hydrogen-bond donors (Lipinski definition) is 1. The molecule has 0 fully saturated rings. The summed E-state index contributed by atoms with van der Waals surface area (Å²) in [6.45, 7) is 4.96. The first-order valence-electron chi connectivity index (χ1n) is 8.49. The summed E-state index contributed by atoms with van der Waals surface area (Å²) < 4.78 is 5.16. The molecular weight excluding hydrogens is 318 g/mol. The van der Waals surface area contributed by atoms with Crippen LogP contribution < -0.4 is 11.0 Å². The van der Waals surface area contributed by atoms with Gasteiger partial charge in [0.2, 0.25) is 5.91 Å². The van der Waals surface area contributed by atoms with Crippen LogP contribution in [0.15, 0.2) is 35.3 Å². The molecule has 0 saturated carbocycles. The summed E-state index contributed by atoms with van der Waals surface area (Å²) in [6.07, 6.45) is 2.75. The van der Waals surface area contributed by atoms with Crippen molar-refractivity contribution in [1.29, 1.82) is 0 Å². The van der Waals surface area contributed by atoms with Gasteiger partial charge in [-0.05, 0) is 25.5 Å². The van der Waals surface area contributed by atoms with E-state index in [4.69, 9.17) is 0 Å². The van der Waals surface area contributed by atoms with Crippen LogP contribution in [0.3, 0.4) is 0 Å². The number of nitrogens with zero attached hydrogens (tertiary/aromatic N) is 4. The van der Waals surface area contributed by atoms with Crippen LogP contribution in [0.2, 0.25) is 0 Å². The van der Waals surface area contributed by atoms with Crippen molar-refractivity contribution in [3.8, 4) is 0 Å². The second-order valence-corrected chi connectivity index (χ2v) is 6.14. The van der Waals surface area contributed by atoms with E-state index in [1.165, 1.54) is 0 Å². The number of para-hydroxylation sites is 2. The highest BCUT2D eigenvalue weighted by Crippen LogP contribution is 2.15. The Morgan fingerprint density at radius 1 is 1.16 bits per heavy atom. The fourth-order valence-corrected chi connectivity index (χ4v) is 2.98. The van der Waals surface area contributed by atoms with Crippen molar-refractivity contribution in [3.05, 3.63) is 46.6 Å². The summed E-state index contributed by atoms with van der Waals surface area (Å²) in [5.41, 5.74) is 3.32. The quantitative estimate of drug-likeness (QED) is 0.747. The molecule has 0 radical (unpaired) electrons. The molecule has 0 saturated heterocycles. The van der Waals surface area contributed by atoms with Gasteiger partial charge in [0.05, 0.1) is 28.6 Å². The van der Waals surface area contributed by atoms with E-state index in [1.54, 1.807) is 20.0 Å². The molecule has 3 aromatic rings. The normalized spacial score (nSPS) is 11.2. The number of carbonyl (C=O) groups excluding carboxylic acids is 1. The second kappa shape index (κ2) is 6.96. The summed E-state index contributed by atoms with van der Waals surface area (Å²) in [5, 5.41) is 6.97. The van der Waals surface area contributed by atoms with Crippen LogP contribution in [-0.2, 0) is 24.9 Å². The monoisotopic (exact) mass is 341 g/mol. The summed E-state index contributed by atoms with van der Waals surface area (Å²) in [6, 6.07) is 7.71. The van der Waals surface area contributed by atoms with Gasteiger partial charge in [0.15, 0.2) is 0 Å². The third kappa shape index (κ3) is 3.22. The molecule has 0 aliphatic carbocycles. The molecule has 3 rings (SSSR count). The Morgan fingerprint density at radius 2 is 1.80 bits per heavy atom. The number of hydrogen-bond acceptors (Lipinski definition) is 3.